The number of hydrogen-bond acceptors (Lipinski definition) is 2. The lowest BCUT2D eigenvalue weighted by Crippen LogP contribution is -1.93. The van der Waals surface area contributed by atoms with Crippen LogP contribution in [0.3, 0.4) is 0 Å². The first-order valence-corrected chi connectivity index (χ1v) is 3.06. The van der Waals surface area contributed by atoms with E-state index in [0.717, 1.165) is 0 Å². The molecule has 1 atom stereocenters. The highest BCUT2D eigenvalue weighted by Gasteiger charge is 1.87. The Morgan fingerprint density at radius 2 is 2.29 bits per heavy atom. The Bertz CT molecular complexity index is 80.2. The van der Waals surface area contributed by atoms with Gasteiger partial charge in [-0.25, -0.2) is 4.21 Å². The predicted octanol–water partition coefficient (Wildman–Crippen LogP) is -0.203. The molecule has 7 heavy (non-hydrogen) atoms. The van der Waals surface area contributed by atoms with Crippen LogP contribution in [0, 0.1) is 0 Å². The van der Waals surface area contributed by atoms with Gasteiger partial charge in [-0.05, 0) is 0 Å². The third-order valence-electron chi connectivity index (χ3n) is 0.410. The molecule has 0 radical (unpaired) electrons. The van der Waals surface area contributed by atoms with E-state index in [2.05, 4.69) is 0 Å². The van der Waals surface area contributed by atoms with Crippen LogP contribution in [-0.2, 0) is 15.9 Å². The lowest BCUT2D eigenvalue weighted by Gasteiger charge is -1.81. The largest absolute Gasteiger partial charge is 0.306 e. The van der Waals surface area contributed by atoms with Crippen molar-refractivity contribution in [3.05, 3.63) is 0 Å². The quantitative estimate of drug-likeness (QED) is 0.416. The van der Waals surface area contributed by atoms with Gasteiger partial charge in [0.05, 0.1) is 5.75 Å². The maximum atomic E-state index is 9.71. The zero-order valence-electron chi connectivity index (χ0n) is 3.66. The molecule has 1 N–H and O–H groups in total. The highest BCUT2D eigenvalue weighted by atomic mass is 32.2. The molecule has 0 aliphatic carbocycles. The van der Waals surface area contributed by atoms with Crippen molar-refractivity contribution in [2.45, 2.75) is 6.42 Å². The zero-order valence-corrected chi connectivity index (χ0v) is 4.48. The molecule has 0 aromatic heterocycles. The molecule has 0 fully saturated rings. The Balaban J connectivity index is 2.97. The van der Waals surface area contributed by atoms with Gasteiger partial charge in [0.1, 0.15) is 6.29 Å². The molecular weight excluding hydrogens is 116 g/mol. The molecule has 0 heterocycles. The van der Waals surface area contributed by atoms with E-state index in [1.54, 1.807) is 0 Å². The van der Waals surface area contributed by atoms with Crippen molar-refractivity contribution >= 4 is 17.4 Å². The number of hydrogen-bond donors (Lipinski definition) is 1. The van der Waals surface area contributed by atoms with Crippen molar-refractivity contribution < 1.29 is 13.6 Å². The molecular formula is C3H6O3S. The Morgan fingerprint density at radius 1 is 1.71 bits per heavy atom. The number of aldehydes is 1. The van der Waals surface area contributed by atoms with Crippen molar-refractivity contribution in [1.29, 1.82) is 0 Å². The summed E-state index contributed by atoms with van der Waals surface area (Å²) in [6.07, 6.45) is 0.789. The SMILES string of the molecule is O=CCCS(=O)O. The van der Waals surface area contributed by atoms with Gasteiger partial charge in [-0.1, -0.05) is 0 Å². The Kier molecular flexibility index (Phi) is 3.83. The normalized spacial score (nSPS) is 13.3. The molecule has 0 spiro atoms. The van der Waals surface area contributed by atoms with Gasteiger partial charge in [-0.3, -0.25) is 0 Å². The van der Waals surface area contributed by atoms with E-state index in [9.17, 15) is 9.00 Å². The first-order chi connectivity index (χ1) is 3.27. The summed E-state index contributed by atoms with van der Waals surface area (Å²) in [7, 11) is 0. The Morgan fingerprint density at radius 3 is 2.43 bits per heavy atom. The van der Waals surface area contributed by atoms with E-state index in [1.165, 1.54) is 0 Å². The summed E-state index contributed by atoms with van der Waals surface area (Å²) in [5, 5.41) is 0. The summed E-state index contributed by atoms with van der Waals surface area (Å²) in [4.78, 5) is 9.46. The van der Waals surface area contributed by atoms with Gasteiger partial charge >= 0.3 is 0 Å². The van der Waals surface area contributed by atoms with E-state index in [1.807, 2.05) is 0 Å². The molecule has 0 saturated heterocycles. The maximum Gasteiger partial charge on any atom is 0.153 e. The number of rotatable bonds is 3. The third kappa shape index (κ3) is 5.78. The lowest BCUT2D eigenvalue weighted by molar-refractivity contribution is -0.107. The average Bonchev–Trinajstić information content (AvgIpc) is 1.61. The number of carbonyl (C=O) groups excluding carboxylic acids is 1. The fraction of sp³-hybridized carbons (Fsp3) is 0.667. The van der Waals surface area contributed by atoms with Gasteiger partial charge in [-0.2, -0.15) is 0 Å². The second-order valence-electron chi connectivity index (χ2n) is 0.981. The molecule has 42 valence electrons. The fourth-order valence-electron chi connectivity index (χ4n) is 0.149. The molecule has 0 aromatic rings. The maximum absolute atomic E-state index is 9.71. The van der Waals surface area contributed by atoms with Crippen LogP contribution in [0.4, 0.5) is 0 Å². The van der Waals surface area contributed by atoms with Gasteiger partial charge in [0, 0.05) is 6.42 Å². The zero-order chi connectivity index (χ0) is 5.70. The average molecular weight is 122 g/mol. The minimum absolute atomic E-state index is 0.0590. The summed E-state index contributed by atoms with van der Waals surface area (Å²) in [5.74, 6) is 0.0590. The van der Waals surface area contributed by atoms with Crippen LogP contribution in [0.15, 0.2) is 0 Å². The first kappa shape index (κ1) is 6.78. The monoisotopic (exact) mass is 122 g/mol. The van der Waals surface area contributed by atoms with Gasteiger partial charge in [0.2, 0.25) is 0 Å². The van der Waals surface area contributed by atoms with E-state index in [-0.39, 0.29) is 12.2 Å². The summed E-state index contributed by atoms with van der Waals surface area (Å²) in [5.41, 5.74) is 0. The Labute approximate surface area is 44.0 Å². The molecule has 0 saturated carbocycles. The van der Waals surface area contributed by atoms with Gasteiger partial charge in [0.25, 0.3) is 0 Å². The standard InChI is InChI=1S/C3H6O3S/c4-2-1-3-7(5)6/h2H,1,3H2,(H,5,6). The summed E-state index contributed by atoms with van der Waals surface area (Å²) < 4.78 is 17.7. The van der Waals surface area contributed by atoms with Gasteiger partial charge < -0.3 is 9.35 Å². The minimum atomic E-state index is -1.80. The first-order valence-electron chi connectivity index (χ1n) is 1.78. The van der Waals surface area contributed by atoms with Crippen LogP contribution in [0.5, 0.6) is 0 Å². The molecule has 3 nitrogen and oxygen atoms in total. The van der Waals surface area contributed by atoms with Crippen molar-refractivity contribution in [3.63, 3.8) is 0 Å². The minimum Gasteiger partial charge on any atom is -0.306 e. The van der Waals surface area contributed by atoms with E-state index in [4.69, 9.17) is 4.55 Å². The van der Waals surface area contributed by atoms with E-state index in [0.29, 0.717) is 6.29 Å². The Hall–Kier alpha value is -0.220. The molecule has 4 heteroatoms. The van der Waals surface area contributed by atoms with Crippen LogP contribution in [0.1, 0.15) is 6.42 Å². The van der Waals surface area contributed by atoms with Crippen LogP contribution in [0.2, 0.25) is 0 Å². The van der Waals surface area contributed by atoms with Crippen molar-refractivity contribution in [1.82, 2.24) is 0 Å². The lowest BCUT2D eigenvalue weighted by atomic mass is 10.6. The van der Waals surface area contributed by atoms with Crippen molar-refractivity contribution in [2.24, 2.45) is 0 Å². The van der Waals surface area contributed by atoms with Crippen LogP contribution in [-0.4, -0.2) is 20.8 Å². The van der Waals surface area contributed by atoms with Crippen LogP contribution < -0.4 is 0 Å². The van der Waals surface area contributed by atoms with E-state index >= 15 is 0 Å². The molecule has 0 amide bonds. The molecule has 0 aliphatic heterocycles. The topological polar surface area (TPSA) is 54.4 Å². The van der Waals surface area contributed by atoms with Crippen molar-refractivity contribution in [2.75, 3.05) is 5.75 Å². The molecule has 0 aliphatic rings. The molecule has 0 bridgehead atoms. The molecule has 1 unspecified atom stereocenters. The van der Waals surface area contributed by atoms with Crippen LogP contribution >= 0.6 is 0 Å². The molecule has 0 rings (SSSR count). The fourth-order valence-corrected chi connectivity index (χ4v) is 0.447. The second-order valence-corrected chi connectivity index (χ2v) is 2.03. The van der Waals surface area contributed by atoms with Crippen molar-refractivity contribution in [3.8, 4) is 0 Å². The predicted molar refractivity (Wildman–Crippen MR) is 26.3 cm³/mol. The van der Waals surface area contributed by atoms with Gasteiger partial charge in [0.15, 0.2) is 11.1 Å². The number of carbonyl (C=O) groups is 1. The third-order valence-corrected chi connectivity index (χ3v) is 0.995. The highest BCUT2D eigenvalue weighted by molar-refractivity contribution is 7.79. The smallest absolute Gasteiger partial charge is 0.153 e. The summed E-state index contributed by atoms with van der Waals surface area (Å²) in [6, 6.07) is 0. The van der Waals surface area contributed by atoms with E-state index < -0.39 is 11.1 Å². The highest BCUT2D eigenvalue weighted by Crippen LogP contribution is 1.75. The van der Waals surface area contributed by atoms with Crippen LogP contribution in [0.25, 0.3) is 0 Å². The summed E-state index contributed by atoms with van der Waals surface area (Å²) >= 11 is -1.80. The molecule has 0 aromatic carbocycles. The van der Waals surface area contributed by atoms with Gasteiger partial charge in [-0.15, -0.1) is 0 Å². The second kappa shape index (κ2) is 3.95. The summed E-state index contributed by atoms with van der Waals surface area (Å²) in [6.45, 7) is 0.